The lowest BCUT2D eigenvalue weighted by Gasteiger charge is -2.39. The van der Waals surface area contributed by atoms with Crippen LogP contribution in [0, 0.1) is 0 Å². The van der Waals surface area contributed by atoms with E-state index in [9.17, 15) is 55.9 Å². The van der Waals surface area contributed by atoms with Gasteiger partial charge in [0, 0.05) is 17.7 Å². The number of fused-ring (bicyclic) bond motifs is 1. The van der Waals surface area contributed by atoms with Gasteiger partial charge in [-0.3, -0.25) is 4.79 Å². The standard InChI is InChI=1S/C28H32O17/c1-40-13-4-9(2-3-12(13)42-27-23(38)21(36)18(33)15(7-29)43-27)25-26(20(35)17-11(32)5-10(31)6-14(17)41-25)45-28-24(39)22(37)19(34)16(8-30)44-28/h2-6,15-16,18-19,21-24,27-34,36-39H,7-8H2,1H3/t15-,16-,18+,19+,21+,22+,23-,24+,27-,28+/m0/s1. The fraction of sp³-hybridized carbons (Fsp3) is 0.464. The topological polar surface area (TPSA) is 279 Å². The summed E-state index contributed by atoms with van der Waals surface area (Å²) in [5.74, 6) is -2.25. The molecule has 45 heavy (non-hydrogen) atoms. The summed E-state index contributed by atoms with van der Waals surface area (Å²) in [5.41, 5.74) is -1.23. The summed E-state index contributed by atoms with van der Waals surface area (Å²) in [7, 11) is 1.25. The van der Waals surface area contributed by atoms with E-state index in [-0.39, 0.29) is 28.4 Å². The largest absolute Gasteiger partial charge is 0.508 e. The van der Waals surface area contributed by atoms with E-state index in [0.717, 1.165) is 12.1 Å². The molecule has 0 bridgehead atoms. The van der Waals surface area contributed by atoms with Crippen LogP contribution in [0.1, 0.15) is 0 Å². The smallest absolute Gasteiger partial charge is 0.239 e. The molecule has 1 aromatic heterocycles. The van der Waals surface area contributed by atoms with Gasteiger partial charge in [-0.15, -0.1) is 0 Å². The molecule has 2 aliphatic heterocycles. The van der Waals surface area contributed by atoms with Crippen LogP contribution >= 0.6 is 0 Å². The zero-order valence-electron chi connectivity index (χ0n) is 23.4. The van der Waals surface area contributed by atoms with Crippen LogP contribution in [-0.2, 0) is 9.47 Å². The number of aromatic hydroxyl groups is 2. The Hall–Kier alpha value is -3.75. The molecule has 246 valence electrons. The van der Waals surface area contributed by atoms with Crippen LogP contribution in [0.15, 0.2) is 39.5 Å². The van der Waals surface area contributed by atoms with Gasteiger partial charge in [0.15, 0.2) is 17.3 Å². The molecule has 0 saturated carbocycles. The first kappa shape index (κ1) is 32.6. The van der Waals surface area contributed by atoms with Crippen molar-refractivity contribution in [3.63, 3.8) is 0 Å². The first-order valence-corrected chi connectivity index (χ1v) is 13.6. The first-order chi connectivity index (χ1) is 21.4. The molecule has 2 aliphatic rings. The van der Waals surface area contributed by atoms with E-state index in [1.54, 1.807) is 0 Å². The third-order valence-electron chi connectivity index (χ3n) is 7.52. The van der Waals surface area contributed by atoms with Crippen molar-refractivity contribution < 1.29 is 79.2 Å². The van der Waals surface area contributed by atoms with Crippen molar-refractivity contribution >= 4 is 11.0 Å². The number of aliphatic hydroxyl groups is 8. The van der Waals surface area contributed by atoms with Crippen molar-refractivity contribution in [2.45, 2.75) is 61.4 Å². The normalized spacial score (nSPS) is 31.9. The maximum Gasteiger partial charge on any atom is 0.239 e. The van der Waals surface area contributed by atoms with E-state index in [1.165, 1.54) is 25.3 Å². The van der Waals surface area contributed by atoms with Crippen molar-refractivity contribution in [3.05, 3.63) is 40.6 Å². The summed E-state index contributed by atoms with van der Waals surface area (Å²) in [6, 6.07) is 5.83. The van der Waals surface area contributed by atoms with Gasteiger partial charge in [-0.05, 0) is 18.2 Å². The summed E-state index contributed by atoms with van der Waals surface area (Å²) < 4.78 is 33.4. The highest BCUT2D eigenvalue weighted by molar-refractivity contribution is 5.88. The highest BCUT2D eigenvalue weighted by Gasteiger charge is 2.46. The molecule has 10 N–H and O–H groups in total. The second-order valence-corrected chi connectivity index (χ2v) is 10.4. The second kappa shape index (κ2) is 12.9. The van der Waals surface area contributed by atoms with E-state index in [2.05, 4.69) is 0 Å². The van der Waals surface area contributed by atoms with E-state index in [4.69, 9.17) is 28.1 Å². The van der Waals surface area contributed by atoms with Gasteiger partial charge in [-0.2, -0.15) is 0 Å². The second-order valence-electron chi connectivity index (χ2n) is 10.4. The Morgan fingerprint density at radius 1 is 0.733 bits per heavy atom. The van der Waals surface area contributed by atoms with Crippen LogP contribution in [0.25, 0.3) is 22.3 Å². The van der Waals surface area contributed by atoms with E-state index < -0.39 is 103 Å². The van der Waals surface area contributed by atoms with E-state index in [1.807, 2.05) is 0 Å². The summed E-state index contributed by atoms with van der Waals surface area (Å²) in [6.07, 6.45) is -16.6. The SMILES string of the molecule is COc1cc(-c2oc3cc(O)cc(O)c3c(=O)c2O[C@H]2O[C@@H](CO)[C@@H](O)[C@@H](O)[C@H]2O)ccc1O[C@H]1O[C@@H](CO)[C@@H](O)[C@@H](O)[C@@H]1O. The molecule has 0 unspecified atom stereocenters. The third kappa shape index (κ3) is 5.98. The van der Waals surface area contributed by atoms with Crippen LogP contribution < -0.4 is 19.6 Å². The summed E-state index contributed by atoms with van der Waals surface area (Å²) in [6.45, 7) is -1.47. The average Bonchev–Trinajstić information content (AvgIpc) is 3.02. The Kier molecular flexibility index (Phi) is 9.38. The Labute approximate surface area is 252 Å². The number of hydrogen-bond donors (Lipinski definition) is 10. The highest BCUT2D eigenvalue weighted by Crippen LogP contribution is 2.40. The molecule has 0 amide bonds. The van der Waals surface area contributed by atoms with Gasteiger partial charge >= 0.3 is 0 Å². The van der Waals surface area contributed by atoms with Crippen molar-refractivity contribution in [1.29, 1.82) is 0 Å². The summed E-state index contributed by atoms with van der Waals surface area (Å²) in [5, 5.41) is 100. The lowest BCUT2D eigenvalue weighted by Crippen LogP contribution is -2.60. The third-order valence-corrected chi connectivity index (χ3v) is 7.52. The van der Waals surface area contributed by atoms with Crippen LogP contribution in [0.4, 0.5) is 0 Å². The number of methoxy groups -OCH3 is 1. The van der Waals surface area contributed by atoms with E-state index in [0.29, 0.717) is 0 Å². The Balaban J connectivity index is 1.58. The molecule has 0 spiro atoms. The van der Waals surface area contributed by atoms with Gasteiger partial charge < -0.3 is 79.2 Å². The molecule has 3 heterocycles. The number of hydrogen-bond acceptors (Lipinski definition) is 17. The van der Waals surface area contributed by atoms with Gasteiger partial charge in [0.25, 0.3) is 0 Å². The van der Waals surface area contributed by atoms with Crippen molar-refractivity contribution in [3.8, 4) is 40.1 Å². The van der Waals surface area contributed by atoms with Crippen LogP contribution in [0.2, 0.25) is 0 Å². The molecule has 17 nitrogen and oxygen atoms in total. The van der Waals surface area contributed by atoms with Gasteiger partial charge in [0.1, 0.15) is 71.3 Å². The fourth-order valence-electron chi connectivity index (χ4n) is 5.04. The Bertz CT molecular complexity index is 1570. The van der Waals surface area contributed by atoms with Crippen molar-refractivity contribution in [1.82, 2.24) is 0 Å². The molecule has 17 heteroatoms. The summed E-state index contributed by atoms with van der Waals surface area (Å²) in [4.78, 5) is 13.7. The van der Waals surface area contributed by atoms with Gasteiger partial charge in [-0.25, -0.2) is 0 Å². The quantitative estimate of drug-likeness (QED) is 0.119. The highest BCUT2D eigenvalue weighted by atomic mass is 16.7. The number of aliphatic hydroxyl groups excluding tert-OH is 8. The molecule has 2 aromatic carbocycles. The van der Waals surface area contributed by atoms with Gasteiger partial charge in [0.2, 0.25) is 23.8 Å². The van der Waals surface area contributed by atoms with Gasteiger partial charge in [0.05, 0.1) is 20.3 Å². The van der Waals surface area contributed by atoms with E-state index >= 15 is 0 Å². The number of benzene rings is 2. The number of ether oxygens (including phenoxy) is 5. The lowest BCUT2D eigenvalue weighted by atomic mass is 9.99. The van der Waals surface area contributed by atoms with Crippen LogP contribution in [-0.4, -0.2) is 133 Å². The number of rotatable bonds is 8. The first-order valence-electron chi connectivity index (χ1n) is 13.6. The fourth-order valence-corrected chi connectivity index (χ4v) is 5.04. The lowest BCUT2D eigenvalue weighted by molar-refractivity contribution is -0.277. The van der Waals surface area contributed by atoms with Gasteiger partial charge in [-0.1, -0.05) is 0 Å². The zero-order chi connectivity index (χ0) is 32.7. The minimum atomic E-state index is -1.91. The summed E-state index contributed by atoms with van der Waals surface area (Å²) >= 11 is 0. The van der Waals surface area contributed by atoms with Crippen LogP contribution in [0.3, 0.4) is 0 Å². The molecule has 2 fully saturated rings. The monoisotopic (exact) mass is 640 g/mol. The minimum Gasteiger partial charge on any atom is -0.508 e. The molecule has 3 aromatic rings. The average molecular weight is 641 g/mol. The molecule has 0 aliphatic carbocycles. The molecular weight excluding hydrogens is 608 g/mol. The maximum atomic E-state index is 13.7. The predicted octanol–water partition coefficient (Wildman–Crippen LogP) is -2.76. The van der Waals surface area contributed by atoms with Crippen LogP contribution in [0.5, 0.6) is 28.7 Å². The minimum absolute atomic E-state index is 0.0504. The zero-order valence-corrected chi connectivity index (χ0v) is 23.4. The predicted molar refractivity (Wildman–Crippen MR) is 147 cm³/mol. The van der Waals surface area contributed by atoms with Crippen molar-refractivity contribution in [2.75, 3.05) is 20.3 Å². The Morgan fingerprint density at radius 2 is 1.31 bits per heavy atom. The van der Waals surface area contributed by atoms with Crippen molar-refractivity contribution in [2.24, 2.45) is 0 Å². The molecular formula is C28H32O17. The molecule has 2 saturated heterocycles. The molecule has 5 rings (SSSR count). The molecule has 0 radical (unpaired) electrons. The number of phenols is 2. The maximum absolute atomic E-state index is 13.7. The number of phenolic OH excluding ortho intramolecular Hbond substituents is 2. The Morgan fingerprint density at radius 3 is 1.87 bits per heavy atom. The molecule has 10 atom stereocenters.